The molecule has 1 aliphatic heterocycles. The monoisotopic (exact) mass is 197 g/mol. The molecule has 0 amide bonds. The Balaban J connectivity index is 1.67. The van der Waals surface area contributed by atoms with Crippen molar-refractivity contribution < 1.29 is 4.74 Å². The van der Waals surface area contributed by atoms with Crippen LogP contribution in [0.3, 0.4) is 0 Å². The minimum Gasteiger partial charge on any atom is -0.376 e. The molecule has 1 saturated carbocycles. The van der Waals surface area contributed by atoms with E-state index < -0.39 is 0 Å². The van der Waals surface area contributed by atoms with Gasteiger partial charge >= 0.3 is 0 Å². The zero-order chi connectivity index (χ0) is 9.80. The second-order valence-corrected chi connectivity index (χ2v) is 4.93. The Morgan fingerprint density at radius 1 is 1.14 bits per heavy atom. The highest BCUT2D eigenvalue weighted by Gasteiger charge is 2.23. The summed E-state index contributed by atoms with van der Waals surface area (Å²) >= 11 is 0. The number of nitrogens with one attached hydrogen (secondary N) is 1. The fraction of sp³-hybridized carbons (Fsp3) is 1.00. The van der Waals surface area contributed by atoms with Gasteiger partial charge in [0.1, 0.15) is 0 Å². The Bertz CT molecular complexity index is 166. The van der Waals surface area contributed by atoms with Gasteiger partial charge in [0.15, 0.2) is 0 Å². The molecule has 0 aromatic carbocycles. The molecule has 2 nitrogen and oxygen atoms in total. The molecule has 2 heteroatoms. The van der Waals surface area contributed by atoms with Gasteiger partial charge in [0, 0.05) is 6.04 Å². The molecule has 2 aliphatic rings. The van der Waals surface area contributed by atoms with Crippen molar-refractivity contribution in [3.8, 4) is 0 Å². The average Bonchev–Trinajstić information content (AvgIpc) is 2.69. The minimum absolute atomic E-state index is 0.547. The van der Waals surface area contributed by atoms with Crippen molar-refractivity contribution in [1.29, 1.82) is 0 Å². The van der Waals surface area contributed by atoms with Gasteiger partial charge in [-0.15, -0.1) is 0 Å². The number of hydrogen-bond acceptors (Lipinski definition) is 2. The maximum Gasteiger partial charge on any atom is 0.0623 e. The summed E-state index contributed by atoms with van der Waals surface area (Å²) in [4.78, 5) is 0. The Morgan fingerprint density at radius 3 is 2.71 bits per heavy atom. The van der Waals surface area contributed by atoms with E-state index in [1.165, 1.54) is 45.1 Å². The molecule has 3 atom stereocenters. The lowest BCUT2D eigenvalue weighted by Gasteiger charge is -2.29. The highest BCUT2D eigenvalue weighted by molar-refractivity contribution is 4.77. The van der Waals surface area contributed by atoms with Crippen molar-refractivity contribution in [1.82, 2.24) is 5.32 Å². The van der Waals surface area contributed by atoms with E-state index in [1.807, 2.05) is 0 Å². The van der Waals surface area contributed by atoms with E-state index in [-0.39, 0.29) is 0 Å². The van der Waals surface area contributed by atoms with Gasteiger partial charge in [-0.25, -0.2) is 0 Å². The third-order valence-electron chi connectivity index (χ3n) is 3.71. The smallest absolute Gasteiger partial charge is 0.0623 e. The molecule has 2 fully saturated rings. The third-order valence-corrected chi connectivity index (χ3v) is 3.71. The Kier molecular flexibility index (Phi) is 3.82. The van der Waals surface area contributed by atoms with Crippen LogP contribution in [0.2, 0.25) is 0 Å². The number of rotatable bonds is 3. The topological polar surface area (TPSA) is 21.3 Å². The molecule has 14 heavy (non-hydrogen) atoms. The van der Waals surface area contributed by atoms with Crippen molar-refractivity contribution in [2.24, 2.45) is 5.92 Å². The quantitative estimate of drug-likeness (QED) is 0.750. The van der Waals surface area contributed by atoms with Crippen LogP contribution < -0.4 is 5.32 Å². The molecular weight excluding hydrogens is 174 g/mol. The molecule has 0 spiro atoms. The second kappa shape index (κ2) is 5.13. The van der Waals surface area contributed by atoms with Gasteiger partial charge in [-0.1, -0.05) is 19.8 Å². The van der Waals surface area contributed by atoms with Crippen LogP contribution in [0.5, 0.6) is 0 Å². The molecule has 1 heterocycles. The highest BCUT2D eigenvalue weighted by atomic mass is 16.5. The lowest BCUT2D eigenvalue weighted by atomic mass is 9.88. The molecule has 0 aromatic heterocycles. The maximum absolute atomic E-state index is 6.02. The largest absolute Gasteiger partial charge is 0.376 e. The third kappa shape index (κ3) is 2.71. The van der Waals surface area contributed by atoms with Crippen molar-refractivity contribution in [2.45, 2.75) is 57.6 Å². The lowest BCUT2D eigenvalue weighted by molar-refractivity contribution is -0.0129. The first-order valence-corrected chi connectivity index (χ1v) is 6.21. The molecule has 2 rings (SSSR count). The van der Waals surface area contributed by atoms with Crippen LogP contribution >= 0.6 is 0 Å². The van der Waals surface area contributed by atoms with Gasteiger partial charge in [0.05, 0.1) is 12.7 Å². The minimum atomic E-state index is 0.547. The number of hydrogen-bond donors (Lipinski definition) is 1. The molecule has 1 aliphatic carbocycles. The van der Waals surface area contributed by atoms with Crippen LogP contribution in [-0.2, 0) is 4.74 Å². The molecule has 1 saturated heterocycles. The summed E-state index contributed by atoms with van der Waals surface area (Å²) in [5.41, 5.74) is 0. The van der Waals surface area contributed by atoms with E-state index in [0.717, 1.165) is 12.5 Å². The molecule has 82 valence electrons. The van der Waals surface area contributed by atoms with Gasteiger partial charge < -0.3 is 10.1 Å². The van der Waals surface area contributed by atoms with Crippen molar-refractivity contribution >= 4 is 0 Å². The normalized spacial score (nSPS) is 38.8. The van der Waals surface area contributed by atoms with Gasteiger partial charge in [0.25, 0.3) is 0 Å². The van der Waals surface area contributed by atoms with Gasteiger partial charge in [-0.05, 0) is 38.1 Å². The van der Waals surface area contributed by atoms with Crippen molar-refractivity contribution in [2.75, 3.05) is 13.2 Å². The number of ether oxygens (including phenoxy) is 1. The summed E-state index contributed by atoms with van der Waals surface area (Å²) in [6.07, 6.45) is 8.60. The molecule has 0 bridgehead atoms. The average molecular weight is 197 g/mol. The summed E-state index contributed by atoms with van der Waals surface area (Å²) in [7, 11) is 0. The molecule has 0 aromatic rings. The maximum atomic E-state index is 6.02. The van der Waals surface area contributed by atoms with Crippen LogP contribution in [0.4, 0.5) is 0 Å². The molecular formula is C12H23NO. The summed E-state index contributed by atoms with van der Waals surface area (Å²) in [6, 6.07) is 0.643. The van der Waals surface area contributed by atoms with Gasteiger partial charge in [-0.3, -0.25) is 0 Å². The predicted octanol–water partition coefficient (Wildman–Crippen LogP) is 2.33. The summed E-state index contributed by atoms with van der Waals surface area (Å²) < 4.78 is 6.02. The van der Waals surface area contributed by atoms with Crippen LogP contribution in [0, 0.1) is 5.92 Å². The van der Waals surface area contributed by atoms with Crippen LogP contribution in [0.1, 0.15) is 45.4 Å². The van der Waals surface area contributed by atoms with Gasteiger partial charge in [-0.2, -0.15) is 0 Å². The predicted molar refractivity (Wildman–Crippen MR) is 58.4 cm³/mol. The van der Waals surface area contributed by atoms with Gasteiger partial charge in [0.2, 0.25) is 0 Å². The van der Waals surface area contributed by atoms with Crippen molar-refractivity contribution in [3.05, 3.63) is 0 Å². The van der Waals surface area contributed by atoms with Crippen LogP contribution in [0.25, 0.3) is 0 Å². The standard InChI is InChI=1S/C12H23NO/c1-10-5-2-3-7-12(10)14-9-11-6-4-8-13-11/h10-13H,2-9H2,1H3. The summed E-state index contributed by atoms with van der Waals surface area (Å²) in [6.45, 7) is 4.47. The Labute approximate surface area is 87.4 Å². The van der Waals surface area contributed by atoms with E-state index in [9.17, 15) is 0 Å². The van der Waals surface area contributed by atoms with Crippen molar-refractivity contribution in [3.63, 3.8) is 0 Å². The fourth-order valence-corrected chi connectivity index (χ4v) is 2.67. The van der Waals surface area contributed by atoms with E-state index in [2.05, 4.69) is 12.2 Å². The Morgan fingerprint density at radius 2 is 2.00 bits per heavy atom. The van der Waals surface area contributed by atoms with Crippen LogP contribution in [0.15, 0.2) is 0 Å². The zero-order valence-electron chi connectivity index (χ0n) is 9.30. The van der Waals surface area contributed by atoms with E-state index in [1.54, 1.807) is 0 Å². The zero-order valence-corrected chi connectivity index (χ0v) is 9.30. The molecule has 0 radical (unpaired) electrons. The molecule has 1 N–H and O–H groups in total. The van der Waals surface area contributed by atoms with E-state index in [4.69, 9.17) is 4.74 Å². The highest BCUT2D eigenvalue weighted by Crippen LogP contribution is 2.26. The lowest BCUT2D eigenvalue weighted by Crippen LogP contribution is -2.33. The van der Waals surface area contributed by atoms with E-state index in [0.29, 0.717) is 12.1 Å². The van der Waals surface area contributed by atoms with Crippen LogP contribution in [-0.4, -0.2) is 25.3 Å². The second-order valence-electron chi connectivity index (χ2n) is 4.93. The SMILES string of the molecule is CC1CCCCC1OCC1CCCN1. The first-order chi connectivity index (χ1) is 6.86. The first kappa shape index (κ1) is 10.4. The molecule has 3 unspecified atom stereocenters. The van der Waals surface area contributed by atoms with E-state index >= 15 is 0 Å². The summed E-state index contributed by atoms with van der Waals surface area (Å²) in [5.74, 6) is 0.783. The first-order valence-electron chi connectivity index (χ1n) is 6.21. The fourth-order valence-electron chi connectivity index (χ4n) is 2.67. The Hall–Kier alpha value is -0.0800. The summed E-state index contributed by atoms with van der Waals surface area (Å²) in [5, 5.41) is 3.49.